The highest BCUT2D eigenvalue weighted by Crippen LogP contribution is 2.40. The lowest BCUT2D eigenvalue weighted by Gasteiger charge is -2.29. The number of carbonyl (C=O) groups excluding carboxylic acids is 1. The van der Waals surface area contributed by atoms with E-state index < -0.39 is 0 Å². The van der Waals surface area contributed by atoms with Crippen molar-refractivity contribution in [2.75, 3.05) is 18.4 Å². The molecule has 0 spiro atoms. The number of nitrogens with zero attached hydrogens (tertiary/aromatic N) is 4. The van der Waals surface area contributed by atoms with Crippen LogP contribution in [0.4, 0.5) is 11.6 Å². The molecule has 2 N–H and O–H groups in total. The van der Waals surface area contributed by atoms with E-state index in [9.17, 15) is 9.90 Å². The van der Waals surface area contributed by atoms with Gasteiger partial charge in [-0.05, 0) is 68.9 Å². The summed E-state index contributed by atoms with van der Waals surface area (Å²) in [4.78, 5) is 29.5. The van der Waals surface area contributed by atoms with Crippen molar-refractivity contribution in [3.8, 4) is 10.6 Å². The molecule has 8 heteroatoms. The summed E-state index contributed by atoms with van der Waals surface area (Å²) in [6.07, 6.45) is 7.80. The summed E-state index contributed by atoms with van der Waals surface area (Å²) in [5, 5.41) is 14.1. The van der Waals surface area contributed by atoms with Crippen molar-refractivity contribution in [2.45, 2.75) is 51.0 Å². The Bertz CT molecular complexity index is 1130. The summed E-state index contributed by atoms with van der Waals surface area (Å²) in [7, 11) is 0. The van der Waals surface area contributed by atoms with E-state index in [1.807, 2.05) is 48.4 Å². The van der Waals surface area contributed by atoms with Gasteiger partial charge in [-0.3, -0.25) is 4.79 Å². The maximum Gasteiger partial charge on any atom is 0.225 e. The molecule has 1 aliphatic carbocycles. The third kappa shape index (κ3) is 5.07. The van der Waals surface area contributed by atoms with E-state index in [2.05, 4.69) is 10.3 Å². The van der Waals surface area contributed by atoms with E-state index in [0.29, 0.717) is 25.4 Å². The van der Waals surface area contributed by atoms with Gasteiger partial charge in [-0.25, -0.2) is 15.0 Å². The van der Waals surface area contributed by atoms with Gasteiger partial charge < -0.3 is 15.3 Å². The Morgan fingerprint density at radius 3 is 2.73 bits per heavy atom. The van der Waals surface area contributed by atoms with Gasteiger partial charge in [-0.15, -0.1) is 11.3 Å². The van der Waals surface area contributed by atoms with Gasteiger partial charge in [-0.2, -0.15) is 0 Å². The first-order chi connectivity index (χ1) is 16.0. The van der Waals surface area contributed by atoms with Crippen molar-refractivity contribution >= 4 is 28.9 Å². The summed E-state index contributed by atoms with van der Waals surface area (Å²) in [6, 6.07) is 9.89. The quantitative estimate of drug-likeness (QED) is 0.578. The summed E-state index contributed by atoms with van der Waals surface area (Å²) in [5.74, 6) is 2.24. The number of amides is 1. The van der Waals surface area contributed by atoms with E-state index in [1.54, 1.807) is 17.5 Å². The highest BCUT2D eigenvalue weighted by Gasteiger charge is 2.33. The number of anilines is 2. The Labute approximate surface area is 197 Å². The first-order valence-corrected chi connectivity index (χ1v) is 12.5. The smallest absolute Gasteiger partial charge is 0.225 e. The lowest BCUT2D eigenvalue weighted by molar-refractivity contribution is -0.135. The summed E-state index contributed by atoms with van der Waals surface area (Å²) in [6.45, 7) is 3.22. The third-order valence-corrected chi connectivity index (χ3v) is 7.78. The molecule has 2 fully saturated rings. The predicted molar refractivity (Wildman–Crippen MR) is 130 cm³/mol. The molecule has 1 saturated carbocycles. The SMILES string of the molecule is Cc1ccnc(Nc2cccc(-c3cnc(C4CCC(C(=O)N5CC[C@@H](O)C5)CC4)s3)n2)c1. The molecule has 33 heavy (non-hydrogen) atoms. The molecule has 0 bridgehead atoms. The van der Waals surface area contributed by atoms with Crippen molar-refractivity contribution in [2.24, 2.45) is 5.92 Å². The van der Waals surface area contributed by atoms with Crippen LogP contribution in [0.15, 0.2) is 42.7 Å². The molecule has 4 heterocycles. The number of hydrogen-bond acceptors (Lipinski definition) is 7. The minimum absolute atomic E-state index is 0.0886. The number of aryl methyl sites for hydroxylation is 1. The molecule has 7 nitrogen and oxygen atoms in total. The van der Waals surface area contributed by atoms with E-state index in [1.165, 1.54) is 0 Å². The molecule has 3 aromatic rings. The van der Waals surface area contributed by atoms with Gasteiger partial charge in [0, 0.05) is 37.3 Å². The number of β-amino-alcohol motifs (C(OH)–C–C–N with tert-alkyl or cyclic N) is 1. The normalized spacial score (nSPS) is 23.0. The van der Waals surface area contributed by atoms with Crippen LogP contribution in [0.2, 0.25) is 0 Å². The Morgan fingerprint density at radius 1 is 1.12 bits per heavy atom. The average molecular weight is 464 g/mol. The van der Waals surface area contributed by atoms with Crippen molar-refractivity contribution in [1.82, 2.24) is 19.9 Å². The molecular weight excluding hydrogens is 434 g/mol. The van der Waals surface area contributed by atoms with Crippen LogP contribution in [-0.4, -0.2) is 50.1 Å². The number of aromatic nitrogens is 3. The summed E-state index contributed by atoms with van der Waals surface area (Å²) < 4.78 is 0. The van der Waals surface area contributed by atoms with Crippen molar-refractivity contribution < 1.29 is 9.90 Å². The van der Waals surface area contributed by atoms with Crippen LogP contribution in [-0.2, 0) is 4.79 Å². The Hall–Kier alpha value is -2.84. The van der Waals surface area contributed by atoms with Gasteiger partial charge in [-0.1, -0.05) is 6.07 Å². The van der Waals surface area contributed by atoms with Gasteiger partial charge in [0.25, 0.3) is 0 Å². The first-order valence-electron chi connectivity index (χ1n) is 11.6. The second-order valence-corrected chi connectivity index (χ2v) is 10.2. The number of aliphatic hydroxyl groups excluding tert-OH is 1. The fourth-order valence-electron chi connectivity index (χ4n) is 4.76. The molecular formula is C25H29N5O2S. The fraction of sp³-hybridized carbons (Fsp3) is 0.440. The molecule has 3 aromatic heterocycles. The second-order valence-electron chi connectivity index (χ2n) is 9.09. The maximum absolute atomic E-state index is 12.7. The summed E-state index contributed by atoms with van der Waals surface area (Å²) in [5.41, 5.74) is 2.04. The second kappa shape index (κ2) is 9.57. The summed E-state index contributed by atoms with van der Waals surface area (Å²) >= 11 is 1.70. The topological polar surface area (TPSA) is 91.2 Å². The fourth-order valence-corrected chi connectivity index (χ4v) is 5.82. The lowest BCUT2D eigenvalue weighted by atomic mass is 9.81. The Morgan fingerprint density at radius 2 is 1.97 bits per heavy atom. The van der Waals surface area contributed by atoms with Gasteiger partial charge in [0.15, 0.2) is 0 Å². The minimum atomic E-state index is -0.352. The standard InChI is InChI=1S/C25H29N5O2S/c1-16-9-11-26-23(13-16)29-22-4-2-3-20(28-22)21-14-27-24(33-21)17-5-7-18(8-6-17)25(32)30-12-10-19(31)15-30/h2-4,9,11,13-14,17-19,31H,5-8,10,12,15H2,1H3,(H,26,28,29)/t17?,18?,19-/m1/s1. The van der Waals surface area contributed by atoms with Crippen LogP contribution in [0.1, 0.15) is 48.6 Å². The van der Waals surface area contributed by atoms with E-state index in [-0.39, 0.29) is 17.9 Å². The average Bonchev–Trinajstić information content (AvgIpc) is 3.49. The van der Waals surface area contributed by atoms with E-state index in [4.69, 9.17) is 9.97 Å². The molecule has 1 aliphatic heterocycles. The van der Waals surface area contributed by atoms with Crippen molar-refractivity contribution in [3.05, 3.63) is 53.3 Å². The maximum atomic E-state index is 12.7. The third-order valence-electron chi connectivity index (χ3n) is 6.60. The molecule has 0 radical (unpaired) electrons. The lowest BCUT2D eigenvalue weighted by Crippen LogP contribution is -2.36. The van der Waals surface area contributed by atoms with Crippen LogP contribution < -0.4 is 5.32 Å². The predicted octanol–water partition coefficient (Wildman–Crippen LogP) is 4.52. The first kappa shape index (κ1) is 22.0. The van der Waals surface area contributed by atoms with E-state index >= 15 is 0 Å². The Kier molecular flexibility index (Phi) is 6.37. The van der Waals surface area contributed by atoms with Gasteiger partial charge in [0.05, 0.1) is 21.7 Å². The van der Waals surface area contributed by atoms with Gasteiger partial charge in [0.2, 0.25) is 5.91 Å². The molecule has 5 rings (SSSR count). The van der Waals surface area contributed by atoms with Crippen LogP contribution in [0.3, 0.4) is 0 Å². The van der Waals surface area contributed by atoms with Crippen molar-refractivity contribution in [1.29, 1.82) is 0 Å². The minimum Gasteiger partial charge on any atom is -0.391 e. The van der Waals surface area contributed by atoms with Crippen LogP contribution in [0.25, 0.3) is 10.6 Å². The number of nitrogens with one attached hydrogen (secondary N) is 1. The number of thiazole rings is 1. The van der Waals surface area contributed by atoms with Crippen LogP contribution >= 0.6 is 11.3 Å². The van der Waals surface area contributed by atoms with Crippen LogP contribution in [0, 0.1) is 12.8 Å². The molecule has 1 saturated heterocycles. The molecule has 0 aromatic carbocycles. The zero-order valence-corrected chi connectivity index (χ0v) is 19.6. The number of aliphatic hydroxyl groups is 1. The largest absolute Gasteiger partial charge is 0.391 e. The molecule has 1 atom stereocenters. The highest BCUT2D eigenvalue weighted by molar-refractivity contribution is 7.15. The molecule has 2 aliphatic rings. The van der Waals surface area contributed by atoms with E-state index in [0.717, 1.165) is 58.5 Å². The number of likely N-dealkylation sites (tertiary alicyclic amines) is 1. The monoisotopic (exact) mass is 463 g/mol. The molecule has 172 valence electrons. The van der Waals surface area contributed by atoms with Crippen molar-refractivity contribution in [3.63, 3.8) is 0 Å². The zero-order chi connectivity index (χ0) is 22.8. The zero-order valence-electron chi connectivity index (χ0n) is 18.8. The van der Waals surface area contributed by atoms with Gasteiger partial charge >= 0.3 is 0 Å². The Balaban J connectivity index is 1.21. The molecule has 0 unspecified atom stereocenters. The number of rotatable bonds is 5. The number of carbonyl (C=O) groups is 1. The molecule has 1 amide bonds. The number of hydrogen-bond donors (Lipinski definition) is 2. The highest BCUT2D eigenvalue weighted by atomic mass is 32.1. The van der Waals surface area contributed by atoms with Crippen LogP contribution in [0.5, 0.6) is 0 Å². The van der Waals surface area contributed by atoms with Gasteiger partial charge in [0.1, 0.15) is 11.6 Å². The number of pyridine rings is 2.